The Labute approximate surface area is 163 Å². The average Bonchev–Trinajstić information content (AvgIpc) is 2.71. The molecule has 0 aromatic heterocycles. The van der Waals surface area contributed by atoms with Gasteiger partial charge in [-0.1, -0.05) is 24.3 Å². The number of nitrogens with one attached hydrogen (secondary N) is 1. The normalized spacial score (nSPS) is 14.7. The molecule has 1 saturated heterocycles. The molecule has 28 heavy (non-hydrogen) atoms. The molecule has 1 fully saturated rings. The highest BCUT2D eigenvalue weighted by Gasteiger charge is 2.27. The topological polar surface area (TPSA) is 49.4 Å². The van der Waals surface area contributed by atoms with E-state index in [0.29, 0.717) is 38.9 Å². The van der Waals surface area contributed by atoms with Crippen LogP contribution in [0.15, 0.2) is 48.5 Å². The van der Waals surface area contributed by atoms with Crippen molar-refractivity contribution < 1.29 is 18.4 Å². The molecule has 0 bridgehead atoms. The largest absolute Gasteiger partial charge is 0.356 e. The summed E-state index contributed by atoms with van der Waals surface area (Å²) >= 11 is 0. The first-order valence-electron chi connectivity index (χ1n) is 9.55. The van der Waals surface area contributed by atoms with Crippen LogP contribution in [-0.4, -0.2) is 36.3 Å². The zero-order valence-electron chi connectivity index (χ0n) is 15.7. The predicted molar refractivity (Wildman–Crippen MR) is 103 cm³/mol. The van der Waals surface area contributed by atoms with Gasteiger partial charge in [-0.05, 0) is 54.7 Å². The third kappa shape index (κ3) is 5.62. The lowest BCUT2D eigenvalue weighted by atomic mass is 9.95. The van der Waals surface area contributed by atoms with Crippen molar-refractivity contribution in [1.29, 1.82) is 0 Å². The number of nitrogens with zero attached hydrogens (tertiary/aromatic N) is 1. The van der Waals surface area contributed by atoms with Crippen LogP contribution in [0.5, 0.6) is 0 Å². The quantitative estimate of drug-likeness (QED) is 0.829. The van der Waals surface area contributed by atoms with Gasteiger partial charge in [0.05, 0.1) is 6.42 Å². The summed E-state index contributed by atoms with van der Waals surface area (Å²) in [5, 5.41) is 2.93. The van der Waals surface area contributed by atoms with E-state index < -0.39 is 0 Å². The molecule has 0 atom stereocenters. The number of benzene rings is 2. The number of likely N-dealkylation sites (tertiary alicyclic amines) is 1. The first kappa shape index (κ1) is 20.0. The van der Waals surface area contributed by atoms with E-state index in [9.17, 15) is 18.4 Å². The molecule has 0 unspecified atom stereocenters. The number of hydrogen-bond acceptors (Lipinski definition) is 2. The summed E-state index contributed by atoms with van der Waals surface area (Å²) < 4.78 is 25.8. The highest BCUT2D eigenvalue weighted by Crippen LogP contribution is 2.18. The Balaban J connectivity index is 1.39. The summed E-state index contributed by atoms with van der Waals surface area (Å²) in [5.74, 6) is -0.673. The van der Waals surface area contributed by atoms with Crippen molar-refractivity contribution in [3.8, 4) is 0 Å². The van der Waals surface area contributed by atoms with Gasteiger partial charge < -0.3 is 10.2 Å². The fourth-order valence-corrected chi connectivity index (χ4v) is 3.41. The molecule has 2 amide bonds. The molecular formula is C22H24F2N2O2. The van der Waals surface area contributed by atoms with Crippen molar-refractivity contribution in [2.75, 3.05) is 19.6 Å². The molecule has 1 heterocycles. The minimum absolute atomic E-state index is 0.00164. The molecule has 0 spiro atoms. The number of carbonyl (C=O) groups excluding carboxylic acids is 2. The van der Waals surface area contributed by atoms with E-state index in [0.717, 1.165) is 11.1 Å². The third-order valence-electron chi connectivity index (χ3n) is 5.11. The Morgan fingerprint density at radius 3 is 2.00 bits per heavy atom. The van der Waals surface area contributed by atoms with Crippen LogP contribution in [0.3, 0.4) is 0 Å². The Hall–Kier alpha value is -2.76. The fraction of sp³-hybridized carbons (Fsp3) is 0.364. The summed E-state index contributed by atoms with van der Waals surface area (Å²) in [4.78, 5) is 26.5. The molecule has 1 aliphatic heterocycles. The van der Waals surface area contributed by atoms with Crippen LogP contribution in [0.2, 0.25) is 0 Å². The minimum Gasteiger partial charge on any atom is -0.356 e. The third-order valence-corrected chi connectivity index (χ3v) is 5.11. The zero-order chi connectivity index (χ0) is 19.9. The highest BCUT2D eigenvalue weighted by atomic mass is 19.1. The van der Waals surface area contributed by atoms with Crippen LogP contribution in [0, 0.1) is 17.6 Å². The van der Waals surface area contributed by atoms with Gasteiger partial charge in [0.2, 0.25) is 11.8 Å². The van der Waals surface area contributed by atoms with Gasteiger partial charge in [-0.25, -0.2) is 8.78 Å². The molecular weight excluding hydrogens is 362 g/mol. The molecule has 4 nitrogen and oxygen atoms in total. The molecule has 0 saturated carbocycles. The standard InChI is InChI=1S/C22H24F2N2O2/c23-19-5-1-16(2-6-19)9-12-25-22(28)18-10-13-26(14-11-18)21(27)15-17-3-7-20(24)8-4-17/h1-8,18H,9-15H2,(H,25,28). The van der Waals surface area contributed by atoms with Crippen LogP contribution in [-0.2, 0) is 22.4 Å². The monoisotopic (exact) mass is 386 g/mol. The van der Waals surface area contributed by atoms with Crippen LogP contribution in [0.1, 0.15) is 24.0 Å². The van der Waals surface area contributed by atoms with E-state index in [1.165, 1.54) is 24.3 Å². The van der Waals surface area contributed by atoms with Crippen molar-refractivity contribution in [2.45, 2.75) is 25.7 Å². The van der Waals surface area contributed by atoms with Gasteiger partial charge in [-0.2, -0.15) is 0 Å². The number of piperidine rings is 1. The van der Waals surface area contributed by atoms with E-state index in [-0.39, 0.29) is 35.8 Å². The second-order valence-corrected chi connectivity index (χ2v) is 7.13. The Bertz CT molecular complexity index is 798. The van der Waals surface area contributed by atoms with E-state index in [2.05, 4.69) is 5.32 Å². The number of rotatable bonds is 6. The molecule has 1 aliphatic rings. The summed E-state index contributed by atoms with van der Waals surface area (Å²) in [6.45, 7) is 1.61. The van der Waals surface area contributed by atoms with Gasteiger partial charge in [-0.3, -0.25) is 9.59 Å². The fourth-order valence-electron chi connectivity index (χ4n) is 3.41. The van der Waals surface area contributed by atoms with Gasteiger partial charge in [0.15, 0.2) is 0 Å². The van der Waals surface area contributed by atoms with Gasteiger partial charge >= 0.3 is 0 Å². The van der Waals surface area contributed by atoms with Crippen LogP contribution in [0.25, 0.3) is 0 Å². The van der Waals surface area contributed by atoms with Gasteiger partial charge in [0.25, 0.3) is 0 Å². The number of halogens is 2. The summed E-state index contributed by atoms with van der Waals surface area (Å²) in [6, 6.07) is 12.2. The first-order valence-corrected chi connectivity index (χ1v) is 9.55. The predicted octanol–water partition coefficient (Wildman–Crippen LogP) is 3.10. The Morgan fingerprint density at radius 1 is 0.893 bits per heavy atom. The van der Waals surface area contributed by atoms with Crippen molar-refractivity contribution >= 4 is 11.8 Å². The van der Waals surface area contributed by atoms with E-state index in [1.807, 2.05) is 0 Å². The summed E-state index contributed by atoms with van der Waals surface area (Å²) in [7, 11) is 0. The second kappa shape index (κ2) is 9.44. The highest BCUT2D eigenvalue weighted by molar-refractivity contribution is 5.81. The maximum Gasteiger partial charge on any atom is 0.226 e. The SMILES string of the molecule is O=C(NCCc1ccc(F)cc1)C1CCN(C(=O)Cc2ccc(F)cc2)CC1. The minimum atomic E-state index is -0.317. The molecule has 148 valence electrons. The molecule has 2 aromatic carbocycles. The number of hydrogen-bond donors (Lipinski definition) is 1. The van der Waals surface area contributed by atoms with Gasteiger partial charge in [-0.15, -0.1) is 0 Å². The van der Waals surface area contributed by atoms with Crippen LogP contribution >= 0.6 is 0 Å². The van der Waals surface area contributed by atoms with Crippen LogP contribution in [0.4, 0.5) is 8.78 Å². The molecule has 6 heteroatoms. The first-order chi connectivity index (χ1) is 13.5. The van der Waals surface area contributed by atoms with Crippen LogP contribution < -0.4 is 5.32 Å². The van der Waals surface area contributed by atoms with E-state index in [4.69, 9.17) is 0 Å². The molecule has 3 rings (SSSR count). The van der Waals surface area contributed by atoms with Crippen molar-refractivity contribution in [1.82, 2.24) is 10.2 Å². The lowest BCUT2D eigenvalue weighted by Crippen LogP contribution is -2.43. The zero-order valence-corrected chi connectivity index (χ0v) is 15.7. The summed E-state index contributed by atoms with van der Waals surface area (Å²) in [5.41, 5.74) is 1.76. The Morgan fingerprint density at radius 2 is 1.43 bits per heavy atom. The van der Waals surface area contributed by atoms with Crippen molar-refractivity contribution in [3.05, 3.63) is 71.3 Å². The molecule has 0 aliphatic carbocycles. The molecule has 0 radical (unpaired) electrons. The maximum absolute atomic E-state index is 13.0. The van der Waals surface area contributed by atoms with E-state index >= 15 is 0 Å². The van der Waals surface area contributed by atoms with Crippen molar-refractivity contribution in [2.24, 2.45) is 5.92 Å². The van der Waals surface area contributed by atoms with E-state index in [1.54, 1.807) is 29.2 Å². The molecule has 2 aromatic rings. The Kier molecular flexibility index (Phi) is 6.74. The number of carbonyl (C=O) groups is 2. The average molecular weight is 386 g/mol. The lowest BCUT2D eigenvalue weighted by Gasteiger charge is -2.31. The van der Waals surface area contributed by atoms with Crippen molar-refractivity contribution in [3.63, 3.8) is 0 Å². The summed E-state index contributed by atoms with van der Waals surface area (Å²) in [6.07, 6.45) is 2.17. The molecule has 1 N–H and O–H groups in total. The maximum atomic E-state index is 13.0. The van der Waals surface area contributed by atoms with Gasteiger partial charge in [0.1, 0.15) is 11.6 Å². The second-order valence-electron chi connectivity index (χ2n) is 7.13. The number of amides is 2. The smallest absolute Gasteiger partial charge is 0.226 e. The van der Waals surface area contributed by atoms with Gasteiger partial charge in [0, 0.05) is 25.6 Å². The lowest BCUT2D eigenvalue weighted by molar-refractivity contribution is -0.135.